The Morgan fingerprint density at radius 1 is 1.14 bits per heavy atom. The van der Waals surface area contributed by atoms with Gasteiger partial charge in [-0.3, -0.25) is 10.1 Å². The maximum Gasteiger partial charge on any atom is 0.434 e. The van der Waals surface area contributed by atoms with Crippen molar-refractivity contribution in [2.45, 2.75) is 26.6 Å². The van der Waals surface area contributed by atoms with Crippen LogP contribution < -0.4 is 20.8 Å². The minimum absolute atomic E-state index is 0.0201. The van der Waals surface area contributed by atoms with E-state index >= 15 is 0 Å². The van der Waals surface area contributed by atoms with E-state index in [0.717, 1.165) is 16.7 Å². The minimum atomic E-state index is -4.69. The monoisotopic (exact) mass is 618 g/mol. The standard InChI is InChI=1S/C28H29F3N6O5S/c1-5-32-27(41)35-23-10-16(25-34-22(14-43-25)28(29,30)31)18(12-33-23)15-9-17-20(11-21(15)42-8-7-36(3)4)37(6-2)13-19(24(17)38)26(39)40/h9-14H,5-8H2,1-4H3,(H,39,40)(H2,32,33,35,41). The second kappa shape index (κ2) is 12.8. The molecule has 0 atom stereocenters. The number of anilines is 1. The lowest BCUT2D eigenvalue weighted by Crippen LogP contribution is -2.28. The number of fused-ring (bicyclic) bond motifs is 1. The SMILES string of the molecule is CCNC(=O)Nc1cc(-c2nc(C(F)(F)F)cs2)c(-c2cc3c(=O)c(C(=O)O)cn(CC)c3cc2OCCN(C)C)cn1. The van der Waals surface area contributed by atoms with E-state index in [-0.39, 0.29) is 39.5 Å². The third kappa shape index (κ3) is 6.94. The Bertz CT molecular complexity index is 1730. The van der Waals surface area contributed by atoms with Gasteiger partial charge in [0.15, 0.2) is 5.69 Å². The Labute approximate surface area is 247 Å². The largest absolute Gasteiger partial charge is 0.492 e. The number of carboxylic acid groups (broad SMARTS) is 1. The normalized spacial score (nSPS) is 11.6. The molecule has 0 aliphatic heterocycles. The van der Waals surface area contributed by atoms with Crippen molar-refractivity contribution in [3.63, 3.8) is 0 Å². The molecule has 0 fully saturated rings. The number of carbonyl (C=O) groups excluding carboxylic acids is 1. The summed E-state index contributed by atoms with van der Waals surface area (Å²) in [5.41, 5.74) is -1.12. The van der Waals surface area contributed by atoms with Crippen LogP contribution in [0.3, 0.4) is 0 Å². The van der Waals surface area contributed by atoms with Gasteiger partial charge in [0.1, 0.15) is 28.7 Å². The van der Waals surface area contributed by atoms with Gasteiger partial charge in [-0.15, -0.1) is 11.3 Å². The van der Waals surface area contributed by atoms with Crippen molar-refractivity contribution in [1.29, 1.82) is 0 Å². The number of benzene rings is 1. The van der Waals surface area contributed by atoms with Crippen LogP contribution in [0.1, 0.15) is 29.9 Å². The Morgan fingerprint density at radius 2 is 1.88 bits per heavy atom. The van der Waals surface area contributed by atoms with Crippen LogP contribution in [0.4, 0.5) is 23.8 Å². The molecule has 1 aromatic carbocycles. The zero-order chi connectivity index (χ0) is 31.5. The number of rotatable bonds is 10. The summed E-state index contributed by atoms with van der Waals surface area (Å²) in [6.45, 7) is 4.94. The first-order valence-electron chi connectivity index (χ1n) is 13.1. The van der Waals surface area contributed by atoms with Crippen LogP contribution >= 0.6 is 11.3 Å². The van der Waals surface area contributed by atoms with E-state index in [1.54, 1.807) is 24.5 Å². The number of halogens is 3. The van der Waals surface area contributed by atoms with Gasteiger partial charge in [-0.1, -0.05) is 0 Å². The summed E-state index contributed by atoms with van der Waals surface area (Å²) in [4.78, 5) is 47.3. The third-order valence-corrected chi connectivity index (χ3v) is 7.22. The molecule has 0 aliphatic rings. The van der Waals surface area contributed by atoms with Gasteiger partial charge >= 0.3 is 18.2 Å². The molecule has 228 valence electrons. The number of aryl methyl sites for hydroxylation is 1. The summed E-state index contributed by atoms with van der Waals surface area (Å²) >= 11 is 0.745. The number of aromatic nitrogens is 3. The van der Waals surface area contributed by atoms with Crippen molar-refractivity contribution >= 4 is 40.1 Å². The topological polar surface area (TPSA) is 139 Å². The smallest absolute Gasteiger partial charge is 0.434 e. The Kier molecular flexibility index (Phi) is 9.35. The summed E-state index contributed by atoms with van der Waals surface area (Å²) in [7, 11) is 3.71. The Hall–Kier alpha value is -4.50. The van der Waals surface area contributed by atoms with Gasteiger partial charge in [-0.05, 0) is 40.1 Å². The first-order valence-corrected chi connectivity index (χ1v) is 14.0. The second-order valence-electron chi connectivity index (χ2n) is 9.62. The molecule has 15 heteroatoms. The average molecular weight is 619 g/mol. The lowest BCUT2D eigenvalue weighted by atomic mass is 9.98. The van der Waals surface area contributed by atoms with Gasteiger partial charge in [0, 0.05) is 65.6 Å². The molecule has 43 heavy (non-hydrogen) atoms. The molecule has 3 aromatic heterocycles. The fourth-order valence-corrected chi connectivity index (χ4v) is 5.12. The van der Waals surface area contributed by atoms with E-state index in [2.05, 4.69) is 20.6 Å². The Balaban J connectivity index is 2.02. The first-order chi connectivity index (χ1) is 20.3. The van der Waals surface area contributed by atoms with Crippen LogP contribution in [0.15, 0.2) is 40.8 Å². The number of amides is 2. The molecule has 0 bridgehead atoms. The van der Waals surface area contributed by atoms with Gasteiger partial charge in [0.05, 0.1) is 5.52 Å². The highest BCUT2D eigenvalue weighted by Crippen LogP contribution is 2.42. The minimum Gasteiger partial charge on any atom is -0.492 e. The molecular formula is C28H29F3N6O5S. The quantitative estimate of drug-likeness (QED) is 0.226. The molecule has 0 unspecified atom stereocenters. The maximum absolute atomic E-state index is 13.5. The van der Waals surface area contributed by atoms with Crippen LogP contribution in [-0.4, -0.2) is 70.3 Å². The molecule has 11 nitrogen and oxygen atoms in total. The number of hydrogen-bond donors (Lipinski definition) is 3. The van der Waals surface area contributed by atoms with Crippen molar-refractivity contribution in [1.82, 2.24) is 24.8 Å². The molecular weight excluding hydrogens is 589 g/mol. The van der Waals surface area contributed by atoms with Gasteiger partial charge in [-0.2, -0.15) is 13.2 Å². The van der Waals surface area contributed by atoms with Crippen molar-refractivity contribution < 1.29 is 32.6 Å². The number of pyridine rings is 2. The molecule has 4 rings (SSSR count). The lowest BCUT2D eigenvalue weighted by Gasteiger charge is -2.19. The van der Waals surface area contributed by atoms with Crippen LogP contribution in [0, 0.1) is 0 Å². The summed E-state index contributed by atoms with van der Waals surface area (Å²) in [5.74, 6) is -1.06. The third-order valence-electron chi connectivity index (χ3n) is 6.35. The number of nitrogens with one attached hydrogen (secondary N) is 2. The zero-order valence-electron chi connectivity index (χ0n) is 23.7. The molecule has 0 spiro atoms. The highest BCUT2D eigenvalue weighted by molar-refractivity contribution is 7.13. The summed E-state index contributed by atoms with van der Waals surface area (Å²) in [5, 5.41) is 15.7. The number of carboxylic acids is 1. The van der Waals surface area contributed by atoms with Crippen LogP contribution in [-0.2, 0) is 12.7 Å². The van der Waals surface area contributed by atoms with E-state index in [1.165, 1.54) is 24.5 Å². The maximum atomic E-state index is 13.5. The fourth-order valence-electron chi connectivity index (χ4n) is 4.26. The molecule has 0 radical (unpaired) electrons. The van der Waals surface area contributed by atoms with E-state index in [0.29, 0.717) is 30.9 Å². The number of hydrogen-bond acceptors (Lipinski definition) is 8. The fraction of sp³-hybridized carbons (Fsp3) is 0.321. The van der Waals surface area contributed by atoms with Crippen LogP contribution in [0.25, 0.3) is 32.6 Å². The summed E-state index contributed by atoms with van der Waals surface area (Å²) < 4.78 is 48.2. The van der Waals surface area contributed by atoms with E-state index in [1.807, 2.05) is 19.0 Å². The summed E-state index contributed by atoms with van der Waals surface area (Å²) in [6, 6.07) is 3.88. The number of likely N-dealkylation sites (N-methyl/N-ethyl adjacent to an activating group) is 1. The number of urea groups is 1. The number of aromatic carboxylic acids is 1. The Morgan fingerprint density at radius 3 is 2.49 bits per heavy atom. The van der Waals surface area contributed by atoms with Gasteiger partial charge in [-0.25, -0.2) is 19.6 Å². The highest BCUT2D eigenvalue weighted by Gasteiger charge is 2.34. The van der Waals surface area contributed by atoms with Crippen molar-refractivity contribution in [2.24, 2.45) is 0 Å². The predicted molar refractivity (Wildman–Crippen MR) is 157 cm³/mol. The van der Waals surface area contributed by atoms with Crippen molar-refractivity contribution in [3.05, 3.63) is 57.5 Å². The van der Waals surface area contributed by atoms with Crippen LogP contribution in [0.2, 0.25) is 0 Å². The molecule has 3 heterocycles. The average Bonchev–Trinajstić information content (AvgIpc) is 3.44. The number of nitrogens with zero attached hydrogens (tertiary/aromatic N) is 4. The second-order valence-corrected chi connectivity index (χ2v) is 10.5. The lowest BCUT2D eigenvalue weighted by molar-refractivity contribution is -0.140. The number of alkyl halides is 3. The van der Waals surface area contributed by atoms with Crippen molar-refractivity contribution in [3.8, 4) is 27.4 Å². The molecule has 0 saturated carbocycles. The van der Waals surface area contributed by atoms with Crippen molar-refractivity contribution in [2.75, 3.05) is 39.1 Å². The molecule has 4 aromatic rings. The van der Waals surface area contributed by atoms with E-state index in [9.17, 15) is 32.7 Å². The molecule has 0 aliphatic carbocycles. The number of thiazole rings is 1. The highest BCUT2D eigenvalue weighted by atomic mass is 32.1. The predicted octanol–water partition coefficient (Wildman–Crippen LogP) is 5.01. The molecule has 3 N–H and O–H groups in total. The molecule has 0 saturated heterocycles. The molecule has 2 amide bonds. The van der Waals surface area contributed by atoms with Gasteiger partial charge in [0.2, 0.25) is 5.43 Å². The van der Waals surface area contributed by atoms with E-state index in [4.69, 9.17) is 4.74 Å². The number of ether oxygens (including phenoxy) is 1. The zero-order valence-corrected chi connectivity index (χ0v) is 24.5. The van der Waals surface area contributed by atoms with Gasteiger partial charge < -0.3 is 24.6 Å². The number of carbonyl (C=O) groups is 2. The van der Waals surface area contributed by atoms with Crippen LogP contribution in [0.5, 0.6) is 5.75 Å². The summed E-state index contributed by atoms with van der Waals surface area (Å²) in [6.07, 6.45) is -2.09. The van der Waals surface area contributed by atoms with E-state index < -0.39 is 34.9 Å². The van der Waals surface area contributed by atoms with Gasteiger partial charge in [0.25, 0.3) is 0 Å². The first kappa shape index (κ1) is 31.4.